The summed E-state index contributed by atoms with van der Waals surface area (Å²) in [5.74, 6) is -0.962. The minimum absolute atomic E-state index is 0.235. The lowest BCUT2D eigenvalue weighted by Gasteiger charge is -1.99. The van der Waals surface area contributed by atoms with E-state index in [4.69, 9.17) is 5.11 Å². The molecule has 0 aromatic carbocycles. The molecule has 0 amide bonds. The Morgan fingerprint density at radius 3 is 1.87 bits per heavy atom. The Labute approximate surface area is 98.4 Å². The molecule has 0 saturated carbocycles. The molecule has 0 bridgehead atoms. The summed E-state index contributed by atoms with van der Waals surface area (Å²) in [5, 5.41) is 8.39. The quantitative estimate of drug-likeness (QED) is 0.660. The Bertz CT molecular complexity index is 194. The molecule has 88 valence electrons. The van der Waals surface area contributed by atoms with Crippen LogP contribution in [0.1, 0.15) is 51.4 Å². The van der Waals surface area contributed by atoms with Gasteiger partial charge in [-0.05, 0) is 12.8 Å². The van der Waals surface area contributed by atoms with Crippen molar-refractivity contribution in [2.75, 3.05) is 0 Å². The van der Waals surface area contributed by atoms with E-state index < -0.39 is 5.97 Å². The van der Waals surface area contributed by atoms with Gasteiger partial charge in [0.25, 0.3) is 0 Å². The number of aliphatic carboxylic acids is 1. The predicted octanol–water partition coefficient (Wildman–Crippen LogP) is 3.04. The number of hydrogen-bond acceptors (Lipinski definition) is 3. The lowest BCUT2D eigenvalue weighted by atomic mass is 10.1. The Morgan fingerprint density at radius 2 is 1.40 bits per heavy atom. The van der Waals surface area contributed by atoms with Gasteiger partial charge in [-0.2, -0.15) is 0 Å². The van der Waals surface area contributed by atoms with Crippen LogP contribution in [0.2, 0.25) is 0 Å². The van der Waals surface area contributed by atoms with Gasteiger partial charge in [0.15, 0.2) is 16.3 Å². The molecule has 5 heteroatoms. The third kappa shape index (κ3) is 11.3. The minimum atomic E-state index is -0.727. The standard InChI is InChI=1S/C10H17BrO4/c11-15-10(14)8-6-4-2-1-3-5-7-9(12)13/h1-8H2,(H,12,13). The highest BCUT2D eigenvalue weighted by Crippen LogP contribution is 2.09. The molecular weight excluding hydrogens is 264 g/mol. The first-order valence-electron chi connectivity index (χ1n) is 5.20. The molecule has 0 spiro atoms. The molecule has 0 atom stereocenters. The highest BCUT2D eigenvalue weighted by molar-refractivity contribution is 9.06. The maximum absolute atomic E-state index is 10.7. The molecule has 0 aliphatic heterocycles. The van der Waals surface area contributed by atoms with E-state index in [1.165, 1.54) is 0 Å². The zero-order chi connectivity index (χ0) is 11.5. The van der Waals surface area contributed by atoms with Gasteiger partial charge in [-0.25, -0.2) is 0 Å². The molecule has 0 aromatic heterocycles. The van der Waals surface area contributed by atoms with Crippen LogP contribution in [0.15, 0.2) is 0 Å². The molecule has 1 N–H and O–H groups in total. The van der Waals surface area contributed by atoms with Crippen LogP contribution >= 0.6 is 16.3 Å². The predicted molar refractivity (Wildman–Crippen MR) is 59.6 cm³/mol. The van der Waals surface area contributed by atoms with E-state index in [0.29, 0.717) is 6.42 Å². The summed E-state index contributed by atoms with van der Waals surface area (Å²) in [5.41, 5.74) is 0. The second-order valence-corrected chi connectivity index (χ2v) is 3.79. The molecule has 0 saturated heterocycles. The van der Waals surface area contributed by atoms with E-state index in [2.05, 4.69) is 20.1 Å². The summed E-state index contributed by atoms with van der Waals surface area (Å²) < 4.78 is 4.33. The Balaban J connectivity index is 3.05. The molecule has 0 radical (unpaired) electrons. The van der Waals surface area contributed by atoms with Crippen LogP contribution in [0.4, 0.5) is 0 Å². The molecular formula is C10H17BrO4. The van der Waals surface area contributed by atoms with E-state index in [1.54, 1.807) is 0 Å². The zero-order valence-corrected chi connectivity index (χ0v) is 10.3. The maximum atomic E-state index is 10.7. The van der Waals surface area contributed by atoms with Crippen molar-refractivity contribution < 1.29 is 18.5 Å². The summed E-state index contributed by atoms with van der Waals surface area (Å²) >= 11 is 2.63. The lowest BCUT2D eigenvalue weighted by molar-refractivity contribution is -0.137. The fourth-order valence-electron chi connectivity index (χ4n) is 1.29. The molecule has 0 aromatic rings. The van der Waals surface area contributed by atoms with Crippen molar-refractivity contribution in [1.82, 2.24) is 0 Å². The topological polar surface area (TPSA) is 63.6 Å². The van der Waals surface area contributed by atoms with Gasteiger partial charge in [0.05, 0.1) is 0 Å². The van der Waals surface area contributed by atoms with Gasteiger partial charge in [-0.1, -0.05) is 25.7 Å². The number of rotatable bonds is 9. The highest BCUT2D eigenvalue weighted by Gasteiger charge is 2.00. The molecule has 0 aliphatic rings. The van der Waals surface area contributed by atoms with Gasteiger partial charge in [0.2, 0.25) is 0 Å². The number of carboxylic acids is 1. The summed E-state index contributed by atoms with van der Waals surface area (Å²) in [7, 11) is 0. The normalized spacial score (nSPS) is 9.93. The number of unbranched alkanes of at least 4 members (excludes halogenated alkanes) is 5. The Hall–Kier alpha value is -0.580. The number of carboxylic acid groups (broad SMARTS) is 1. The smallest absolute Gasteiger partial charge is 0.317 e. The third-order valence-electron chi connectivity index (χ3n) is 2.11. The molecule has 0 unspecified atom stereocenters. The van der Waals surface area contributed by atoms with Crippen LogP contribution in [0.25, 0.3) is 0 Å². The second-order valence-electron chi connectivity index (χ2n) is 3.46. The van der Waals surface area contributed by atoms with Crippen molar-refractivity contribution in [2.45, 2.75) is 51.4 Å². The number of hydrogen-bond donors (Lipinski definition) is 1. The minimum Gasteiger partial charge on any atom is -0.481 e. The molecule has 0 aliphatic carbocycles. The summed E-state index contributed by atoms with van der Waals surface area (Å²) in [6.07, 6.45) is 6.33. The first-order valence-corrected chi connectivity index (χ1v) is 5.84. The summed E-state index contributed by atoms with van der Waals surface area (Å²) in [6.45, 7) is 0. The Morgan fingerprint density at radius 1 is 0.933 bits per heavy atom. The van der Waals surface area contributed by atoms with E-state index in [0.717, 1.165) is 38.5 Å². The second kappa shape index (κ2) is 9.96. The van der Waals surface area contributed by atoms with E-state index in [1.807, 2.05) is 0 Å². The van der Waals surface area contributed by atoms with Crippen molar-refractivity contribution >= 4 is 28.2 Å². The van der Waals surface area contributed by atoms with Gasteiger partial charge >= 0.3 is 11.9 Å². The average Bonchev–Trinajstić information content (AvgIpc) is 2.21. The first kappa shape index (κ1) is 14.4. The van der Waals surface area contributed by atoms with Crippen LogP contribution in [0.3, 0.4) is 0 Å². The van der Waals surface area contributed by atoms with Crippen molar-refractivity contribution in [3.8, 4) is 0 Å². The molecule has 0 heterocycles. The summed E-state index contributed by atoms with van der Waals surface area (Å²) in [4.78, 5) is 20.9. The fourth-order valence-corrected chi connectivity index (χ4v) is 1.45. The van der Waals surface area contributed by atoms with Crippen LogP contribution < -0.4 is 0 Å². The van der Waals surface area contributed by atoms with Crippen molar-refractivity contribution in [2.24, 2.45) is 0 Å². The van der Waals surface area contributed by atoms with Gasteiger partial charge in [-0.3, -0.25) is 9.59 Å². The van der Waals surface area contributed by atoms with Crippen LogP contribution in [0, 0.1) is 0 Å². The van der Waals surface area contributed by atoms with Crippen LogP contribution in [-0.4, -0.2) is 17.0 Å². The monoisotopic (exact) mass is 280 g/mol. The first-order chi connectivity index (χ1) is 7.16. The largest absolute Gasteiger partial charge is 0.481 e. The molecule has 15 heavy (non-hydrogen) atoms. The van der Waals surface area contributed by atoms with E-state index >= 15 is 0 Å². The molecule has 0 rings (SSSR count). The number of carbonyl (C=O) groups is 2. The van der Waals surface area contributed by atoms with Gasteiger partial charge in [0.1, 0.15) is 0 Å². The van der Waals surface area contributed by atoms with Gasteiger partial charge in [0, 0.05) is 12.8 Å². The number of halogens is 1. The third-order valence-corrected chi connectivity index (χ3v) is 2.47. The van der Waals surface area contributed by atoms with Crippen molar-refractivity contribution in [3.63, 3.8) is 0 Å². The lowest BCUT2D eigenvalue weighted by Crippen LogP contribution is -1.95. The zero-order valence-electron chi connectivity index (χ0n) is 8.71. The maximum Gasteiger partial charge on any atom is 0.317 e. The van der Waals surface area contributed by atoms with Crippen molar-refractivity contribution in [1.29, 1.82) is 0 Å². The van der Waals surface area contributed by atoms with Gasteiger partial charge in [-0.15, -0.1) is 0 Å². The SMILES string of the molecule is O=C(O)CCCCCCCCC(=O)OBr. The Kier molecular flexibility index (Phi) is 9.57. The number of carbonyl (C=O) groups excluding carboxylic acids is 1. The summed E-state index contributed by atoms with van der Waals surface area (Å²) in [6, 6.07) is 0. The highest BCUT2D eigenvalue weighted by atomic mass is 79.9. The van der Waals surface area contributed by atoms with E-state index in [-0.39, 0.29) is 12.4 Å². The fraction of sp³-hybridized carbons (Fsp3) is 0.800. The molecule has 4 nitrogen and oxygen atoms in total. The van der Waals surface area contributed by atoms with Gasteiger partial charge < -0.3 is 8.93 Å². The van der Waals surface area contributed by atoms with Crippen molar-refractivity contribution in [3.05, 3.63) is 0 Å². The van der Waals surface area contributed by atoms with Crippen LogP contribution in [0.5, 0.6) is 0 Å². The van der Waals surface area contributed by atoms with E-state index in [9.17, 15) is 9.59 Å². The van der Waals surface area contributed by atoms with Crippen LogP contribution in [-0.2, 0) is 13.4 Å². The average molecular weight is 281 g/mol. The molecule has 0 fully saturated rings.